The third kappa shape index (κ3) is 11.4. The number of alkyl carbamates (subject to hydrolysis) is 1. The molecular weight excluding hydrogens is 903 g/mol. The van der Waals surface area contributed by atoms with E-state index in [9.17, 15) is 29.4 Å². The summed E-state index contributed by atoms with van der Waals surface area (Å²) < 4.78 is 19.7. The lowest BCUT2D eigenvalue weighted by molar-refractivity contribution is 0.132. The van der Waals surface area contributed by atoms with E-state index in [1.165, 1.54) is 11.0 Å². The maximum Gasteiger partial charge on any atom is 0.420 e. The molecule has 0 saturated heterocycles. The molecule has 1 fully saturated rings. The largest absolute Gasteiger partial charge is 0.506 e. The predicted molar refractivity (Wildman–Crippen MR) is 277 cm³/mol. The number of anilines is 1. The molecule has 0 unspecified atom stereocenters. The zero-order chi connectivity index (χ0) is 49.6. The summed E-state index contributed by atoms with van der Waals surface area (Å²) in [5.74, 6) is -0.517. The first-order chi connectivity index (χ1) is 33.5. The summed E-state index contributed by atoms with van der Waals surface area (Å²) in [4.78, 5) is 55.6. The molecule has 15 heteroatoms. The lowest BCUT2D eigenvalue weighted by Crippen LogP contribution is -2.46. The number of ether oxygens (including phenoxy) is 1. The Balaban J connectivity index is 0.976. The van der Waals surface area contributed by atoms with Crippen molar-refractivity contribution in [1.82, 2.24) is 20.2 Å². The summed E-state index contributed by atoms with van der Waals surface area (Å²) in [5, 5.41) is 28.6. The Bertz CT molecular complexity index is 3110. The van der Waals surface area contributed by atoms with Crippen LogP contribution in [-0.2, 0) is 28.9 Å². The third-order valence-corrected chi connectivity index (χ3v) is 18.1. The second-order valence-corrected chi connectivity index (χ2v) is 24.2. The van der Waals surface area contributed by atoms with Crippen LogP contribution in [0, 0.1) is 0 Å². The quantitative estimate of drug-likeness (QED) is 0.0583. The highest BCUT2D eigenvalue weighted by molar-refractivity contribution is 6.74. The number of hydrogen-bond donors (Lipinski definition) is 5. The molecule has 1 atom stereocenters. The van der Waals surface area contributed by atoms with Crippen molar-refractivity contribution in [2.45, 2.75) is 102 Å². The molecule has 2 heterocycles. The maximum absolute atomic E-state index is 13.3. The standard InChI is InChI=1S/C55H61N5O9Si/c1-55(2,3)70(4,5)69-49(43-25-27-47(61)51-44(43)26-29-50(62)58-51)34-56-33-38-19-28-48-46(32-38)59(54(66)68-48)30-12-15-36-18-24-42(39-16-10-7-11-17-39)45(31-36)60(53(64)65)41-22-20-40(21-23-41)57-52(63)67-35-37-13-8-6-9-14-37/h6-19,24-29,31-32,40-41,49,56,61H,20-23,30,33-35H2,1-5H3,(H,57,63)(H,58,62)(H,64,65)/b15-12+/t40?,41?,49-/m0/s1. The second kappa shape index (κ2) is 21.2. The Morgan fingerprint density at radius 3 is 2.34 bits per heavy atom. The number of amides is 2. The fraction of sp³-hybridized carbons (Fsp3) is 0.309. The van der Waals surface area contributed by atoms with E-state index >= 15 is 0 Å². The van der Waals surface area contributed by atoms with Crippen molar-refractivity contribution >= 4 is 54.3 Å². The van der Waals surface area contributed by atoms with Gasteiger partial charge in [0.1, 0.15) is 12.4 Å². The van der Waals surface area contributed by atoms with Gasteiger partial charge in [0.25, 0.3) is 0 Å². The van der Waals surface area contributed by atoms with Crippen molar-refractivity contribution in [2.24, 2.45) is 0 Å². The van der Waals surface area contributed by atoms with Crippen LogP contribution in [0.15, 0.2) is 141 Å². The van der Waals surface area contributed by atoms with Crippen LogP contribution in [0.5, 0.6) is 5.75 Å². The Kier molecular flexibility index (Phi) is 14.9. The molecule has 0 spiro atoms. The fourth-order valence-electron chi connectivity index (χ4n) is 8.90. The van der Waals surface area contributed by atoms with Gasteiger partial charge in [0.05, 0.1) is 22.8 Å². The number of fused-ring (bicyclic) bond motifs is 2. The number of nitrogens with one attached hydrogen (secondary N) is 3. The lowest BCUT2D eigenvalue weighted by Gasteiger charge is -2.39. The molecule has 0 aliphatic heterocycles. The van der Waals surface area contributed by atoms with Crippen LogP contribution >= 0.6 is 0 Å². The molecule has 2 amide bonds. The van der Waals surface area contributed by atoms with Crippen molar-refractivity contribution in [3.05, 3.63) is 171 Å². The number of oxazole rings is 1. The van der Waals surface area contributed by atoms with Gasteiger partial charge in [-0.1, -0.05) is 118 Å². The maximum atomic E-state index is 13.3. The van der Waals surface area contributed by atoms with E-state index in [-0.39, 0.29) is 41.6 Å². The highest BCUT2D eigenvalue weighted by atomic mass is 28.4. The van der Waals surface area contributed by atoms with Crippen molar-refractivity contribution in [3.63, 3.8) is 0 Å². The van der Waals surface area contributed by atoms with Gasteiger partial charge in [-0.25, -0.2) is 14.4 Å². The number of phenols is 1. The van der Waals surface area contributed by atoms with Gasteiger partial charge >= 0.3 is 17.9 Å². The van der Waals surface area contributed by atoms with Crippen LogP contribution in [0.3, 0.4) is 0 Å². The van der Waals surface area contributed by atoms with Gasteiger partial charge in [-0.2, -0.15) is 0 Å². The van der Waals surface area contributed by atoms with Gasteiger partial charge in [-0.05, 0) is 102 Å². The molecule has 14 nitrogen and oxygen atoms in total. The molecular formula is C55H61N5O9Si. The number of allylic oxidation sites excluding steroid dienone is 1. The SMILES string of the molecule is CC(C)(C)[Si](C)(C)O[C@@H](CNCc1ccc2oc(=O)n(C/C=C/c3ccc(-c4ccccc4)c(N(C(=O)O)C4CCC(NC(=O)OCc5ccccc5)CC4)c3)c2c1)c1ccc(O)c2[nH]c(=O)ccc12. The number of rotatable bonds is 16. The highest BCUT2D eigenvalue weighted by Crippen LogP contribution is 2.41. The van der Waals surface area contributed by atoms with Crippen molar-refractivity contribution < 1.29 is 33.4 Å². The number of aromatic amines is 1. The normalized spacial score (nSPS) is 15.8. The number of aromatic nitrogens is 2. The van der Waals surface area contributed by atoms with E-state index in [2.05, 4.69) is 49.5 Å². The van der Waals surface area contributed by atoms with Crippen molar-refractivity contribution in [2.75, 3.05) is 11.4 Å². The van der Waals surface area contributed by atoms with Crippen LogP contribution in [0.4, 0.5) is 15.3 Å². The highest BCUT2D eigenvalue weighted by Gasteiger charge is 2.40. The second-order valence-electron chi connectivity index (χ2n) is 19.5. The molecule has 8 rings (SSSR count). The van der Waals surface area contributed by atoms with E-state index < -0.39 is 32.4 Å². The molecule has 70 heavy (non-hydrogen) atoms. The summed E-state index contributed by atoms with van der Waals surface area (Å²) in [6, 6.07) is 36.7. The van der Waals surface area contributed by atoms with Crippen LogP contribution in [0.2, 0.25) is 18.1 Å². The van der Waals surface area contributed by atoms with E-state index in [4.69, 9.17) is 13.6 Å². The fourth-order valence-corrected chi connectivity index (χ4v) is 10.2. The van der Waals surface area contributed by atoms with Crippen LogP contribution in [0.1, 0.15) is 74.8 Å². The summed E-state index contributed by atoms with van der Waals surface area (Å²) >= 11 is 0. The average molecular weight is 964 g/mol. The van der Waals surface area contributed by atoms with Crippen molar-refractivity contribution in [1.29, 1.82) is 0 Å². The Morgan fingerprint density at radius 2 is 1.63 bits per heavy atom. The number of nitrogens with zero attached hydrogens (tertiary/aromatic N) is 2. The molecule has 1 aliphatic rings. The Labute approximate surface area is 407 Å². The number of carboxylic acid groups (broad SMARTS) is 1. The number of carbonyl (C=O) groups excluding carboxylic acids is 1. The van der Waals surface area contributed by atoms with E-state index in [1.807, 2.05) is 109 Å². The zero-order valence-electron chi connectivity index (χ0n) is 40.2. The number of aromatic hydroxyl groups is 1. The number of H-pyrrole nitrogens is 1. The van der Waals surface area contributed by atoms with E-state index in [1.54, 1.807) is 22.8 Å². The minimum Gasteiger partial charge on any atom is -0.506 e. The predicted octanol–water partition coefficient (Wildman–Crippen LogP) is 11.1. The summed E-state index contributed by atoms with van der Waals surface area (Å²) in [6.07, 6.45) is 4.05. The molecule has 1 saturated carbocycles. The van der Waals surface area contributed by atoms with Gasteiger partial charge in [0, 0.05) is 48.7 Å². The average Bonchev–Trinajstić information content (AvgIpc) is 3.65. The van der Waals surface area contributed by atoms with Crippen molar-refractivity contribution in [3.8, 4) is 16.9 Å². The topological polar surface area (TPSA) is 188 Å². The monoisotopic (exact) mass is 963 g/mol. The smallest absolute Gasteiger partial charge is 0.420 e. The molecule has 2 aromatic heterocycles. The molecule has 0 radical (unpaired) electrons. The first-order valence-electron chi connectivity index (χ1n) is 23.8. The zero-order valence-corrected chi connectivity index (χ0v) is 41.2. The Morgan fingerprint density at radius 1 is 0.900 bits per heavy atom. The first-order valence-corrected chi connectivity index (χ1v) is 26.7. The van der Waals surface area contributed by atoms with Gasteiger partial charge < -0.3 is 39.4 Å². The van der Waals surface area contributed by atoms with Crippen LogP contribution < -0.4 is 26.8 Å². The molecule has 364 valence electrons. The Hall–Kier alpha value is -7.20. The van der Waals surface area contributed by atoms with Gasteiger partial charge in [-0.15, -0.1) is 0 Å². The number of phenolic OH excluding ortho intramolecular Hbond substituents is 1. The summed E-state index contributed by atoms with van der Waals surface area (Å²) in [6.45, 7) is 12.2. The number of benzene rings is 5. The number of pyridine rings is 1. The number of carbonyl (C=O) groups is 2. The third-order valence-electron chi connectivity index (χ3n) is 13.7. The van der Waals surface area contributed by atoms with E-state index in [0.717, 1.165) is 33.4 Å². The molecule has 1 aliphatic carbocycles. The van der Waals surface area contributed by atoms with Crippen LogP contribution in [0.25, 0.3) is 39.2 Å². The van der Waals surface area contributed by atoms with E-state index in [0.29, 0.717) is 66.5 Å². The molecule has 7 aromatic rings. The van der Waals surface area contributed by atoms with Gasteiger partial charge in [0.15, 0.2) is 13.9 Å². The molecule has 0 bridgehead atoms. The van der Waals surface area contributed by atoms with Crippen LogP contribution in [-0.4, -0.2) is 58.9 Å². The first kappa shape index (κ1) is 49.2. The summed E-state index contributed by atoms with van der Waals surface area (Å²) in [7, 11) is -2.30. The minimum atomic E-state index is -2.30. The number of hydrogen-bond acceptors (Lipinski definition) is 9. The minimum absolute atomic E-state index is 0.0134. The molecule has 5 N–H and O–H groups in total. The lowest BCUT2D eigenvalue weighted by atomic mass is 9.89. The van der Waals surface area contributed by atoms with Gasteiger partial charge in [0.2, 0.25) is 5.56 Å². The summed E-state index contributed by atoms with van der Waals surface area (Å²) in [5.41, 5.74) is 6.75. The molecule has 5 aromatic carbocycles. The van der Waals surface area contributed by atoms with Gasteiger partial charge in [-0.3, -0.25) is 14.3 Å².